The maximum absolute atomic E-state index is 10.1. The number of aliphatic hydroxyl groups excluding tert-OH is 1. The third-order valence-corrected chi connectivity index (χ3v) is 3.70. The highest BCUT2D eigenvalue weighted by Crippen LogP contribution is 2.27. The van der Waals surface area contributed by atoms with Gasteiger partial charge in [-0.1, -0.05) is 37.5 Å². The standard InChI is InChI=1S/C15H22O2/c1-12-7-5-6-10-15(12)17-11-14(16)13-8-3-2-4-9-13/h5-7,10,13-14,16H,2-4,8-9,11H2,1H3. The lowest BCUT2D eigenvalue weighted by atomic mass is 9.85. The molecule has 2 rings (SSSR count). The highest BCUT2D eigenvalue weighted by molar-refractivity contribution is 5.31. The van der Waals surface area contributed by atoms with Gasteiger partial charge in [-0.2, -0.15) is 0 Å². The van der Waals surface area contributed by atoms with E-state index in [1.807, 2.05) is 31.2 Å². The molecule has 2 heteroatoms. The van der Waals surface area contributed by atoms with Crippen LogP contribution in [0.3, 0.4) is 0 Å². The zero-order chi connectivity index (χ0) is 12.1. The first-order valence-corrected chi connectivity index (χ1v) is 6.64. The van der Waals surface area contributed by atoms with Crippen LogP contribution in [0.5, 0.6) is 5.75 Å². The molecule has 0 spiro atoms. The van der Waals surface area contributed by atoms with E-state index in [-0.39, 0.29) is 6.10 Å². The monoisotopic (exact) mass is 234 g/mol. The summed E-state index contributed by atoms with van der Waals surface area (Å²) in [7, 11) is 0. The van der Waals surface area contributed by atoms with Crippen LogP contribution in [0.2, 0.25) is 0 Å². The Kier molecular flexibility index (Phi) is 4.43. The van der Waals surface area contributed by atoms with E-state index in [1.165, 1.54) is 19.3 Å². The van der Waals surface area contributed by atoms with E-state index in [0.29, 0.717) is 12.5 Å². The number of aliphatic hydroxyl groups is 1. The zero-order valence-electron chi connectivity index (χ0n) is 10.6. The average molecular weight is 234 g/mol. The van der Waals surface area contributed by atoms with Crippen molar-refractivity contribution in [3.8, 4) is 5.75 Å². The summed E-state index contributed by atoms with van der Waals surface area (Å²) in [6.45, 7) is 2.46. The normalized spacial score (nSPS) is 18.9. The van der Waals surface area contributed by atoms with E-state index in [2.05, 4.69) is 0 Å². The number of ether oxygens (including phenoxy) is 1. The second-order valence-corrected chi connectivity index (χ2v) is 5.04. The van der Waals surface area contributed by atoms with Crippen LogP contribution >= 0.6 is 0 Å². The largest absolute Gasteiger partial charge is 0.491 e. The number of benzene rings is 1. The Balaban J connectivity index is 1.83. The van der Waals surface area contributed by atoms with Crippen LogP contribution in [0.25, 0.3) is 0 Å². The molecular weight excluding hydrogens is 212 g/mol. The van der Waals surface area contributed by atoms with Gasteiger partial charge in [0, 0.05) is 0 Å². The van der Waals surface area contributed by atoms with Crippen molar-refractivity contribution in [2.45, 2.75) is 45.1 Å². The molecule has 1 aliphatic rings. The number of rotatable bonds is 4. The molecule has 0 aliphatic heterocycles. The van der Waals surface area contributed by atoms with Gasteiger partial charge in [0.05, 0.1) is 6.10 Å². The summed E-state index contributed by atoms with van der Waals surface area (Å²) in [6.07, 6.45) is 5.83. The quantitative estimate of drug-likeness (QED) is 0.866. The number of hydrogen-bond acceptors (Lipinski definition) is 2. The molecule has 0 amide bonds. The summed E-state index contributed by atoms with van der Waals surface area (Å²) in [5, 5.41) is 10.1. The molecular formula is C15H22O2. The first-order chi connectivity index (χ1) is 8.27. The van der Waals surface area contributed by atoms with E-state index in [4.69, 9.17) is 4.74 Å². The van der Waals surface area contributed by atoms with Crippen LogP contribution in [0.1, 0.15) is 37.7 Å². The molecule has 94 valence electrons. The van der Waals surface area contributed by atoms with Gasteiger partial charge in [0.2, 0.25) is 0 Å². The van der Waals surface area contributed by atoms with Crippen LogP contribution in [0, 0.1) is 12.8 Å². The third kappa shape index (κ3) is 3.47. The SMILES string of the molecule is Cc1ccccc1OCC(O)C1CCCCC1. The van der Waals surface area contributed by atoms with E-state index in [9.17, 15) is 5.11 Å². The van der Waals surface area contributed by atoms with Gasteiger partial charge in [0.15, 0.2) is 0 Å². The Morgan fingerprint density at radius 3 is 2.65 bits per heavy atom. The second-order valence-electron chi connectivity index (χ2n) is 5.04. The fourth-order valence-electron chi connectivity index (χ4n) is 2.55. The van der Waals surface area contributed by atoms with Crippen molar-refractivity contribution in [1.82, 2.24) is 0 Å². The maximum Gasteiger partial charge on any atom is 0.122 e. The predicted molar refractivity (Wildman–Crippen MR) is 69.3 cm³/mol. The van der Waals surface area contributed by atoms with Crippen LogP contribution in [-0.4, -0.2) is 17.8 Å². The molecule has 1 aromatic rings. The lowest BCUT2D eigenvalue weighted by Crippen LogP contribution is -2.28. The Bertz CT molecular complexity index is 343. The van der Waals surface area contributed by atoms with Gasteiger partial charge >= 0.3 is 0 Å². The number of para-hydroxylation sites is 1. The molecule has 0 saturated heterocycles. The van der Waals surface area contributed by atoms with Crippen molar-refractivity contribution in [3.05, 3.63) is 29.8 Å². The van der Waals surface area contributed by atoms with E-state index in [0.717, 1.165) is 24.2 Å². The van der Waals surface area contributed by atoms with Gasteiger partial charge in [0.25, 0.3) is 0 Å². The van der Waals surface area contributed by atoms with E-state index < -0.39 is 0 Å². The van der Waals surface area contributed by atoms with Crippen LogP contribution in [0.4, 0.5) is 0 Å². The fraction of sp³-hybridized carbons (Fsp3) is 0.600. The molecule has 0 aromatic heterocycles. The Labute approximate surface area is 104 Å². The van der Waals surface area contributed by atoms with Crippen LogP contribution < -0.4 is 4.74 Å². The molecule has 1 aliphatic carbocycles. The van der Waals surface area contributed by atoms with Gasteiger partial charge in [-0.05, 0) is 37.3 Å². The predicted octanol–water partition coefficient (Wildman–Crippen LogP) is 3.32. The summed E-state index contributed by atoms with van der Waals surface area (Å²) in [5.41, 5.74) is 1.13. The minimum Gasteiger partial charge on any atom is -0.491 e. The molecule has 1 N–H and O–H groups in total. The Hall–Kier alpha value is -1.02. The molecule has 17 heavy (non-hydrogen) atoms. The van der Waals surface area contributed by atoms with Gasteiger partial charge in [0.1, 0.15) is 12.4 Å². The van der Waals surface area contributed by atoms with Gasteiger partial charge in [-0.25, -0.2) is 0 Å². The van der Waals surface area contributed by atoms with Crippen molar-refractivity contribution in [3.63, 3.8) is 0 Å². The van der Waals surface area contributed by atoms with Crippen LogP contribution in [-0.2, 0) is 0 Å². The molecule has 0 radical (unpaired) electrons. The van der Waals surface area contributed by atoms with E-state index in [1.54, 1.807) is 0 Å². The Morgan fingerprint density at radius 2 is 1.94 bits per heavy atom. The lowest BCUT2D eigenvalue weighted by Gasteiger charge is -2.26. The summed E-state index contributed by atoms with van der Waals surface area (Å²) in [4.78, 5) is 0. The molecule has 1 saturated carbocycles. The lowest BCUT2D eigenvalue weighted by molar-refractivity contribution is 0.0411. The average Bonchev–Trinajstić information content (AvgIpc) is 2.38. The topological polar surface area (TPSA) is 29.5 Å². The van der Waals surface area contributed by atoms with Gasteiger partial charge in [-0.3, -0.25) is 0 Å². The van der Waals surface area contributed by atoms with Crippen molar-refractivity contribution in [2.24, 2.45) is 5.92 Å². The number of aryl methyl sites for hydroxylation is 1. The smallest absolute Gasteiger partial charge is 0.122 e. The Morgan fingerprint density at radius 1 is 1.24 bits per heavy atom. The molecule has 1 fully saturated rings. The zero-order valence-corrected chi connectivity index (χ0v) is 10.6. The minimum absolute atomic E-state index is 0.310. The molecule has 1 aromatic carbocycles. The fourth-order valence-corrected chi connectivity index (χ4v) is 2.55. The van der Waals surface area contributed by atoms with Crippen molar-refractivity contribution in [2.75, 3.05) is 6.61 Å². The first kappa shape index (κ1) is 12.4. The van der Waals surface area contributed by atoms with Gasteiger partial charge in [-0.15, -0.1) is 0 Å². The van der Waals surface area contributed by atoms with Crippen molar-refractivity contribution in [1.29, 1.82) is 0 Å². The summed E-state index contributed by atoms with van der Waals surface area (Å²) in [5.74, 6) is 1.33. The summed E-state index contributed by atoms with van der Waals surface area (Å²) >= 11 is 0. The minimum atomic E-state index is -0.310. The summed E-state index contributed by atoms with van der Waals surface area (Å²) in [6, 6.07) is 7.96. The van der Waals surface area contributed by atoms with E-state index >= 15 is 0 Å². The summed E-state index contributed by atoms with van der Waals surface area (Å²) < 4.78 is 5.70. The highest BCUT2D eigenvalue weighted by Gasteiger charge is 2.22. The van der Waals surface area contributed by atoms with Crippen molar-refractivity contribution >= 4 is 0 Å². The van der Waals surface area contributed by atoms with Crippen LogP contribution in [0.15, 0.2) is 24.3 Å². The first-order valence-electron chi connectivity index (χ1n) is 6.64. The highest BCUT2D eigenvalue weighted by atomic mass is 16.5. The third-order valence-electron chi connectivity index (χ3n) is 3.70. The molecule has 0 heterocycles. The maximum atomic E-state index is 10.1. The molecule has 2 nitrogen and oxygen atoms in total. The molecule has 1 atom stereocenters. The second kappa shape index (κ2) is 6.06. The molecule has 1 unspecified atom stereocenters. The molecule has 0 bridgehead atoms. The van der Waals surface area contributed by atoms with Crippen molar-refractivity contribution < 1.29 is 9.84 Å². The van der Waals surface area contributed by atoms with Gasteiger partial charge < -0.3 is 9.84 Å². The number of hydrogen-bond donors (Lipinski definition) is 1.